The second-order valence-corrected chi connectivity index (χ2v) is 5.45. The molecule has 0 aromatic carbocycles. The van der Waals surface area contributed by atoms with E-state index >= 15 is 0 Å². The number of carbonyl (C=O) groups is 1. The van der Waals surface area contributed by atoms with Crippen molar-refractivity contribution in [2.24, 2.45) is 0 Å². The summed E-state index contributed by atoms with van der Waals surface area (Å²) in [5.41, 5.74) is 2.36. The number of carbonyl (C=O) groups excluding carboxylic acids is 1. The van der Waals surface area contributed by atoms with Crippen LogP contribution in [0.2, 0.25) is 0 Å². The van der Waals surface area contributed by atoms with Crippen LogP contribution in [0.5, 0.6) is 0 Å². The van der Waals surface area contributed by atoms with Crippen molar-refractivity contribution in [3.05, 3.63) is 72.8 Å². The van der Waals surface area contributed by atoms with E-state index in [1.54, 1.807) is 18.3 Å². The quantitative estimate of drug-likeness (QED) is 0.594. The number of nitrogens with one attached hydrogen (secondary N) is 1. The van der Waals surface area contributed by atoms with Crippen LogP contribution in [-0.2, 0) is 6.42 Å². The van der Waals surface area contributed by atoms with Gasteiger partial charge in [0.05, 0.1) is 5.69 Å². The molecule has 0 aliphatic heterocycles. The van der Waals surface area contributed by atoms with Gasteiger partial charge in [-0.2, -0.15) is 5.10 Å². The number of fused-ring (bicyclic) bond motifs is 1. The predicted molar refractivity (Wildman–Crippen MR) is 90.4 cm³/mol. The normalized spacial score (nSPS) is 10.9. The van der Waals surface area contributed by atoms with Crippen molar-refractivity contribution in [3.8, 4) is 5.82 Å². The van der Waals surface area contributed by atoms with Crippen molar-refractivity contribution < 1.29 is 4.79 Å². The molecule has 1 N–H and O–H groups in total. The lowest BCUT2D eigenvalue weighted by atomic mass is 10.2. The molecule has 0 spiro atoms. The monoisotopic (exact) mass is 333 g/mol. The minimum atomic E-state index is -0.160. The number of hydrogen-bond donors (Lipinski definition) is 1. The van der Waals surface area contributed by atoms with Crippen LogP contribution in [-0.4, -0.2) is 41.6 Å². The molecule has 4 aromatic rings. The van der Waals surface area contributed by atoms with E-state index in [9.17, 15) is 4.79 Å². The fourth-order valence-corrected chi connectivity index (χ4v) is 2.53. The molecule has 4 rings (SSSR count). The van der Waals surface area contributed by atoms with Crippen molar-refractivity contribution in [2.75, 3.05) is 6.54 Å². The summed E-state index contributed by atoms with van der Waals surface area (Å²) in [6, 6.07) is 9.20. The number of hydrogen-bond acceptors (Lipinski definition) is 5. The smallest absolute Gasteiger partial charge is 0.251 e. The number of pyridine rings is 2. The first-order chi connectivity index (χ1) is 12.3. The molecule has 0 aliphatic carbocycles. The van der Waals surface area contributed by atoms with Gasteiger partial charge in [0.25, 0.3) is 5.91 Å². The Morgan fingerprint density at radius 3 is 3.04 bits per heavy atom. The maximum atomic E-state index is 12.3. The third kappa shape index (κ3) is 3.23. The molecule has 0 atom stereocenters. The van der Waals surface area contributed by atoms with E-state index in [4.69, 9.17) is 0 Å². The molecule has 124 valence electrons. The first-order valence-electron chi connectivity index (χ1n) is 7.81. The average molecular weight is 333 g/mol. The topological polar surface area (TPSA) is 90.0 Å². The first kappa shape index (κ1) is 15.0. The third-order valence-corrected chi connectivity index (χ3v) is 3.74. The zero-order valence-electron chi connectivity index (χ0n) is 13.3. The van der Waals surface area contributed by atoms with E-state index in [-0.39, 0.29) is 5.91 Å². The molecule has 4 heterocycles. The van der Waals surface area contributed by atoms with Gasteiger partial charge >= 0.3 is 0 Å². The van der Waals surface area contributed by atoms with Gasteiger partial charge in [-0.15, -0.1) is 0 Å². The Hall–Kier alpha value is -3.55. The van der Waals surface area contributed by atoms with Gasteiger partial charge in [0, 0.05) is 37.1 Å². The van der Waals surface area contributed by atoms with Crippen LogP contribution in [0.15, 0.2) is 61.6 Å². The second-order valence-electron chi connectivity index (χ2n) is 5.45. The van der Waals surface area contributed by atoms with Gasteiger partial charge in [-0.3, -0.25) is 4.79 Å². The zero-order valence-corrected chi connectivity index (χ0v) is 13.3. The maximum Gasteiger partial charge on any atom is 0.251 e. The summed E-state index contributed by atoms with van der Waals surface area (Å²) in [4.78, 5) is 24.9. The minimum Gasteiger partial charge on any atom is -0.352 e. The molecule has 0 bridgehead atoms. The van der Waals surface area contributed by atoms with Crippen molar-refractivity contribution in [1.29, 1.82) is 0 Å². The summed E-state index contributed by atoms with van der Waals surface area (Å²) >= 11 is 0. The predicted octanol–water partition coefficient (Wildman–Crippen LogP) is 1.28. The van der Waals surface area contributed by atoms with E-state index in [0.717, 1.165) is 11.3 Å². The molecule has 8 heteroatoms. The van der Waals surface area contributed by atoms with Gasteiger partial charge in [0.15, 0.2) is 5.82 Å². The molecule has 0 aliphatic rings. The third-order valence-electron chi connectivity index (χ3n) is 3.74. The number of rotatable bonds is 5. The fourth-order valence-electron chi connectivity index (χ4n) is 2.53. The average Bonchev–Trinajstić information content (AvgIpc) is 3.31. The molecule has 0 fully saturated rings. The fraction of sp³-hybridized carbons (Fsp3) is 0.118. The summed E-state index contributed by atoms with van der Waals surface area (Å²) in [7, 11) is 0. The summed E-state index contributed by atoms with van der Waals surface area (Å²) in [6.45, 7) is 0.504. The van der Waals surface area contributed by atoms with Gasteiger partial charge in [0.2, 0.25) is 0 Å². The van der Waals surface area contributed by atoms with Crippen LogP contribution in [0.25, 0.3) is 11.5 Å². The summed E-state index contributed by atoms with van der Waals surface area (Å²) in [6.07, 6.45) is 9.11. The van der Waals surface area contributed by atoms with E-state index in [0.29, 0.717) is 24.3 Å². The first-order valence-corrected chi connectivity index (χ1v) is 7.81. The summed E-state index contributed by atoms with van der Waals surface area (Å²) in [5, 5.41) is 6.91. The highest BCUT2D eigenvalue weighted by Gasteiger charge is 2.08. The second kappa shape index (κ2) is 6.52. The number of amides is 1. The molecular formula is C17H15N7O. The largest absolute Gasteiger partial charge is 0.352 e. The molecule has 0 saturated heterocycles. The lowest BCUT2D eigenvalue weighted by molar-refractivity contribution is 0.0954. The minimum absolute atomic E-state index is 0.160. The van der Waals surface area contributed by atoms with E-state index < -0.39 is 0 Å². The number of nitrogens with zero attached hydrogens (tertiary/aromatic N) is 6. The van der Waals surface area contributed by atoms with Crippen molar-refractivity contribution in [3.63, 3.8) is 0 Å². The van der Waals surface area contributed by atoms with Gasteiger partial charge in [-0.1, -0.05) is 6.07 Å². The maximum absolute atomic E-state index is 12.3. The Kier molecular flexibility index (Phi) is 3.91. The standard InChI is InChI=1S/C17H15N7O/c25-17(13-4-6-19-16(9-13)24-12-18-11-21-24)20-7-5-14-10-23-8-2-1-3-15(23)22-14/h1-4,6,8-12H,5,7H2,(H,20,25). The van der Waals surface area contributed by atoms with Gasteiger partial charge in [-0.25, -0.2) is 19.6 Å². The van der Waals surface area contributed by atoms with Crippen LogP contribution in [0.3, 0.4) is 0 Å². The van der Waals surface area contributed by atoms with E-state index in [1.807, 2.05) is 35.0 Å². The van der Waals surface area contributed by atoms with Crippen molar-refractivity contribution >= 4 is 11.6 Å². The number of aromatic nitrogens is 6. The Morgan fingerprint density at radius 1 is 1.24 bits per heavy atom. The molecule has 0 radical (unpaired) electrons. The van der Waals surface area contributed by atoms with Crippen molar-refractivity contribution in [2.45, 2.75) is 6.42 Å². The Bertz CT molecular complexity index is 974. The molecule has 1 amide bonds. The lowest BCUT2D eigenvalue weighted by Gasteiger charge is -2.05. The molecule has 4 aromatic heterocycles. The van der Waals surface area contributed by atoms with Crippen LogP contribution < -0.4 is 5.32 Å². The Balaban J connectivity index is 1.39. The summed E-state index contributed by atoms with van der Waals surface area (Å²) in [5.74, 6) is 0.387. The van der Waals surface area contributed by atoms with Crippen LogP contribution >= 0.6 is 0 Å². The van der Waals surface area contributed by atoms with Gasteiger partial charge in [0.1, 0.15) is 18.3 Å². The van der Waals surface area contributed by atoms with E-state index in [2.05, 4.69) is 25.4 Å². The molecule has 0 unspecified atom stereocenters. The van der Waals surface area contributed by atoms with Crippen molar-refractivity contribution in [1.82, 2.24) is 34.4 Å². The van der Waals surface area contributed by atoms with Gasteiger partial charge < -0.3 is 9.72 Å². The van der Waals surface area contributed by atoms with Crippen LogP contribution in [0, 0.1) is 0 Å². The molecule has 0 saturated carbocycles. The Morgan fingerprint density at radius 2 is 2.20 bits per heavy atom. The van der Waals surface area contributed by atoms with Crippen LogP contribution in [0.1, 0.15) is 16.1 Å². The lowest BCUT2D eigenvalue weighted by Crippen LogP contribution is -2.26. The molecular weight excluding hydrogens is 318 g/mol. The SMILES string of the molecule is O=C(NCCc1cn2ccccc2n1)c1ccnc(-n2cncn2)c1. The summed E-state index contributed by atoms with van der Waals surface area (Å²) < 4.78 is 3.47. The van der Waals surface area contributed by atoms with E-state index in [1.165, 1.54) is 17.3 Å². The van der Waals surface area contributed by atoms with Gasteiger partial charge in [-0.05, 0) is 24.3 Å². The molecule has 25 heavy (non-hydrogen) atoms. The van der Waals surface area contributed by atoms with Crippen LogP contribution in [0.4, 0.5) is 0 Å². The Labute approximate surface area is 143 Å². The highest BCUT2D eigenvalue weighted by molar-refractivity contribution is 5.94. The number of imidazole rings is 1. The highest BCUT2D eigenvalue weighted by Crippen LogP contribution is 2.07. The molecule has 8 nitrogen and oxygen atoms in total. The highest BCUT2D eigenvalue weighted by atomic mass is 16.1. The zero-order chi connectivity index (χ0) is 17.1.